The summed E-state index contributed by atoms with van der Waals surface area (Å²) in [5.74, 6) is -1.57. The van der Waals surface area contributed by atoms with Crippen LogP contribution in [0.15, 0.2) is 60.8 Å². The lowest BCUT2D eigenvalue weighted by atomic mass is 9.94. The number of aromatic nitrogens is 3. The van der Waals surface area contributed by atoms with Crippen LogP contribution in [-0.4, -0.2) is 33.1 Å². The van der Waals surface area contributed by atoms with E-state index < -0.39 is 17.5 Å². The lowest BCUT2D eigenvalue weighted by Crippen LogP contribution is -2.17. The second kappa shape index (κ2) is 11.2. The van der Waals surface area contributed by atoms with Crippen molar-refractivity contribution < 1.29 is 28.2 Å². The quantitative estimate of drug-likeness (QED) is 0.224. The van der Waals surface area contributed by atoms with Crippen molar-refractivity contribution in [2.24, 2.45) is 0 Å². The zero-order chi connectivity index (χ0) is 29.3. The van der Waals surface area contributed by atoms with Crippen molar-refractivity contribution >= 4 is 22.6 Å². The highest BCUT2D eigenvalue weighted by molar-refractivity contribution is 6.08. The molecule has 0 aliphatic rings. The third-order valence-electron chi connectivity index (χ3n) is 6.59. The number of benzene rings is 2. The predicted molar refractivity (Wildman–Crippen MR) is 151 cm³/mol. The van der Waals surface area contributed by atoms with E-state index in [1.54, 1.807) is 39.0 Å². The first-order chi connectivity index (χ1) is 19.7. The lowest BCUT2D eigenvalue weighted by Gasteiger charge is -2.17. The summed E-state index contributed by atoms with van der Waals surface area (Å²) in [5.41, 5.74) is 3.35. The number of hydrogen-bond acceptors (Lipinski definition) is 7. The minimum atomic E-state index is -0.736. The molecule has 0 bridgehead atoms. The van der Waals surface area contributed by atoms with Crippen molar-refractivity contribution in [3.63, 3.8) is 0 Å². The summed E-state index contributed by atoms with van der Waals surface area (Å²) < 4.78 is 39.8. The topological polar surface area (TPSA) is 106 Å². The molecule has 0 spiro atoms. The average molecular weight is 557 g/mol. The number of methoxy groups -OCH3 is 1. The molecule has 0 aliphatic heterocycles. The first-order valence-corrected chi connectivity index (χ1v) is 12.8. The van der Waals surface area contributed by atoms with Gasteiger partial charge in [0.25, 0.3) is 5.91 Å². The van der Waals surface area contributed by atoms with E-state index >= 15 is 4.39 Å². The lowest BCUT2D eigenvalue weighted by molar-refractivity contribution is 0.102. The molecule has 0 radical (unpaired) electrons. The van der Waals surface area contributed by atoms with Crippen LogP contribution in [0.4, 0.5) is 14.5 Å². The number of amides is 1. The van der Waals surface area contributed by atoms with Gasteiger partial charge in [-0.05, 0) is 61.7 Å². The number of fused-ring (bicyclic) bond motifs is 1. The van der Waals surface area contributed by atoms with Crippen molar-refractivity contribution in [3.8, 4) is 34.3 Å². The van der Waals surface area contributed by atoms with Crippen LogP contribution in [0.3, 0.4) is 0 Å². The van der Waals surface area contributed by atoms with E-state index in [1.165, 1.54) is 43.6 Å². The standard InChI is InChI=1S/C31H26F2N4O4/c1-5-22-28(30(38)27(17(3)35-22)20-8-6-18(32)14-16(20)2)31(39)36-19-7-10-24(21(33)15-19)41-25-12-13-34-23-9-11-26(40-4)37-29(23)25/h6-15H,5H2,1-4H3,(H,35,38)(H,36,39). The molecule has 8 nitrogen and oxygen atoms in total. The summed E-state index contributed by atoms with van der Waals surface area (Å²) in [6.45, 7) is 5.22. The van der Waals surface area contributed by atoms with Gasteiger partial charge >= 0.3 is 0 Å². The molecular weight excluding hydrogens is 530 g/mol. The van der Waals surface area contributed by atoms with Crippen molar-refractivity contribution in [2.75, 3.05) is 12.4 Å². The monoisotopic (exact) mass is 556 g/mol. The van der Waals surface area contributed by atoms with Gasteiger partial charge in [-0.2, -0.15) is 0 Å². The van der Waals surface area contributed by atoms with E-state index in [4.69, 9.17) is 9.47 Å². The number of rotatable bonds is 7. The zero-order valence-electron chi connectivity index (χ0n) is 22.8. The Hall–Kier alpha value is -5.12. The molecule has 10 heteroatoms. The number of pyridine rings is 3. The molecule has 0 atom stereocenters. The van der Waals surface area contributed by atoms with E-state index in [-0.39, 0.29) is 28.5 Å². The Kier molecular flexibility index (Phi) is 7.47. The first kappa shape index (κ1) is 27.4. The minimum absolute atomic E-state index is 0.0409. The number of anilines is 1. The van der Waals surface area contributed by atoms with Crippen LogP contribution >= 0.6 is 0 Å². The van der Waals surface area contributed by atoms with Gasteiger partial charge in [0.05, 0.1) is 18.3 Å². The van der Waals surface area contributed by atoms with Gasteiger partial charge in [0.1, 0.15) is 22.6 Å². The van der Waals surface area contributed by atoms with Crippen LogP contribution in [0.25, 0.3) is 22.2 Å². The molecule has 0 aliphatic carbocycles. The van der Waals surface area contributed by atoms with Gasteiger partial charge < -0.3 is 19.9 Å². The van der Waals surface area contributed by atoms with Crippen LogP contribution in [0.5, 0.6) is 23.1 Å². The van der Waals surface area contributed by atoms with Crippen molar-refractivity contribution in [2.45, 2.75) is 27.2 Å². The van der Waals surface area contributed by atoms with Crippen molar-refractivity contribution in [3.05, 3.63) is 94.9 Å². The molecule has 5 aromatic rings. The van der Waals surface area contributed by atoms with E-state index in [0.29, 0.717) is 51.4 Å². The molecule has 208 valence electrons. The normalized spacial score (nSPS) is 11.0. The molecule has 0 fully saturated rings. The van der Waals surface area contributed by atoms with Crippen molar-refractivity contribution in [1.82, 2.24) is 15.0 Å². The van der Waals surface area contributed by atoms with Gasteiger partial charge in [0.15, 0.2) is 17.3 Å². The predicted octanol–water partition coefficient (Wildman–Crippen LogP) is 6.91. The molecule has 0 unspecified atom stereocenters. The number of hydrogen-bond donors (Lipinski definition) is 2. The van der Waals surface area contributed by atoms with Crippen LogP contribution in [0.1, 0.15) is 34.2 Å². The number of ether oxygens (including phenoxy) is 2. The van der Waals surface area contributed by atoms with E-state index in [9.17, 15) is 14.3 Å². The molecule has 2 aromatic carbocycles. The third kappa shape index (κ3) is 5.36. The molecule has 0 saturated carbocycles. The van der Waals surface area contributed by atoms with E-state index in [0.717, 1.165) is 6.07 Å². The SMILES string of the molecule is CCc1nc(C)c(-c2ccc(F)cc2C)c(O)c1C(=O)Nc1ccc(Oc2ccnc3ccc(OC)nc23)c(F)c1. The minimum Gasteiger partial charge on any atom is -0.506 e. The summed E-state index contributed by atoms with van der Waals surface area (Å²) in [7, 11) is 1.48. The summed E-state index contributed by atoms with van der Waals surface area (Å²) in [6, 6.07) is 13.1. The third-order valence-corrected chi connectivity index (χ3v) is 6.59. The van der Waals surface area contributed by atoms with Gasteiger partial charge in [0, 0.05) is 41.3 Å². The summed E-state index contributed by atoms with van der Waals surface area (Å²) in [6.07, 6.45) is 1.88. The molecule has 3 aromatic heterocycles. The molecule has 41 heavy (non-hydrogen) atoms. The fourth-order valence-corrected chi connectivity index (χ4v) is 4.62. The van der Waals surface area contributed by atoms with Gasteiger partial charge in [-0.3, -0.25) is 14.8 Å². The molecule has 2 N–H and O–H groups in total. The maximum absolute atomic E-state index is 15.1. The second-order valence-corrected chi connectivity index (χ2v) is 9.29. The van der Waals surface area contributed by atoms with E-state index in [1.807, 2.05) is 0 Å². The fourth-order valence-electron chi connectivity index (χ4n) is 4.62. The molecule has 1 amide bonds. The second-order valence-electron chi connectivity index (χ2n) is 9.29. The molecule has 5 rings (SSSR count). The van der Waals surface area contributed by atoms with Crippen molar-refractivity contribution in [1.29, 1.82) is 0 Å². The summed E-state index contributed by atoms with van der Waals surface area (Å²) in [5, 5.41) is 13.9. The Morgan fingerprint density at radius 1 is 1.00 bits per heavy atom. The number of nitrogens with zero attached hydrogens (tertiary/aromatic N) is 3. The van der Waals surface area contributed by atoms with Gasteiger partial charge in [-0.1, -0.05) is 13.0 Å². The maximum Gasteiger partial charge on any atom is 0.261 e. The number of halogens is 2. The molecule has 0 saturated heterocycles. The highest BCUT2D eigenvalue weighted by Gasteiger charge is 2.24. The van der Waals surface area contributed by atoms with Gasteiger partial charge in [-0.15, -0.1) is 0 Å². The van der Waals surface area contributed by atoms with E-state index in [2.05, 4.69) is 20.3 Å². The fraction of sp³-hybridized carbons (Fsp3) is 0.161. The van der Waals surface area contributed by atoms with Crippen LogP contribution in [0.2, 0.25) is 0 Å². The summed E-state index contributed by atoms with van der Waals surface area (Å²) in [4.78, 5) is 26.5. The van der Waals surface area contributed by atoms with Crippen LogP contribution in [0, 0.1) is 25.5 Å². The Morgan fingerprint density at radius 2 is 1.80 bits per heavy atom. The highest BCUT2D eigenvalue weighted by Crippen LogP contribution is 2.38. The zero-order valence-corrected chi connectivity index (χ0v) is 22.8. The summed E-state index contributed by atoms with van der Waals surface area (Å²) >= 11 is 0. The Balaban J connectivity index is 1.45. The highest BCUT2D eigenvalue weighted by atomic mass is 19.1. The number of carbonyl (C=O) groups excluding carboxylic acids is 1. The first-order valence-electron chi connectivity index (χ1n) is 12.8. The number of aryl methyl sites for hydroxylation is 3. The van der Waals surface area contributed by atoms with Crippen LogP contribution in [-0.2, 0) is 6.42 Å². The number of nitrogens with one attached hydrogen (secondary N) is 1. The number of carbonyl (C=O) groups is 1. The molecular formula is C31H26F2N4O4. The number of aromatic hydroxyl groups is 1. The maximum atomic E-state index is 15.1. The average Bonchev–Trinajstić information content (AvgIpc) is 2.95. The van der Waals surface area contributed by atoms with Gasteiger partial charge in [-0.25, -0.2) is 13.8 Å². The van der Waals surface area contributed by atoms with Gasteiger partial charge in [0.2, 0.25) is 5.88 Å². The smallest absolute Gasteiger partial charge is 0.261 e. The Labute approximate surface area is 234 Å². The van der Waals surface area contributed by atoms with Crippen LogP contribution < -0.4 is 14.8 Å². The Morgan fingerprint density at radius 3 is 2.51 bits per heavy atom. The molecule has 3 heterocycles. The Bertz CT molecular complexity index is 1810. The largest absolute Gasteiger partial charge is 0.506 e.